The summed E-state index contributed by atoms with van der Waals surface area (Å²) in [5.74, 6) is -0.344. The van der Waals surface area contributed by atoms with Gasteiger partial charge in [0.05, 0.1) is 11.9 Å². The van der Waals surface area contributed by atoms with Crippen molar-refractivity contribution in [1.82, 2.24) is 19.4 Å². The number of hydrogen-bond acceptors (Lipinski definition) is 5. The lowest BCUT2D eigenvalue weighted by atomic mass is 10.2. The number of ether oxygens (including phenoxy) is 1. The van der Waals surface area contributed by atoms with E-state index < -0.39 is 11.5 Å². The number of hydrogen-bond donors (Lipinski definition) is 1. The van der Waals surface area contributed by atoms with Gasteiger partial charge in [-0.15, -0.1) is 0 Å². The van der Waals surface area contributed by atoms with E-state index in [1.54, 1.807) is 12.1 Å². The van der Waals surface area contributed by atoms with Gasteiger partial charge in [-0.3, -0.25) is 15.0 Å². The summed E-state index contributed by atoms with van der Waals surface area (Å²) in [5.41, 5.74) is 3.87. The van der Waals surface area contributed by atoms with Gasteiger partial charge < -0.3 is 4.74 Å². The van der Waals surface area contributed by atoms with Crippen LogP contribution in [-0.4, -0.2) is 32.0 Å². The topological polar surface area (TPSA) is 91.0 Å². The summed E-state index contributed by atoms with van der Waals surface area (Å²) in [4.78, 5) is 28.9. The molecule has 0 spiro atoms. The lowest BCUT2D eigenvalue weighted by Crippen LogP contribution is -2.35. The second-order valence-corrected chi connectivity index (χ2v) is 6.33. The number of carbonyl (C=O) groups is 1. The second kappa shape index (κ2) is 7.55. The Bertz CT molecular complexity index is 1230. The number of halogens is 1. The SMILES string of the molecule is Cc1ccc(OCC(=O)Nn2cnc3c(cnn3-c3ccc(F)cc3)c2=O)cc1. The Kier molecular flexibility index (Phi) is 4.78. The van der Waals surface area contributed by atoms with Crippen molar-refractivity contribution in [1.29, 1.82) is 0 Å². The summed E-state index contributed by atoms with van der Waals surface area (Å²) in [6.45, 7) is 1.69. The Balaban J connectivity index is 1.52. The Morgan fingerprint density at radius 2 is 1.86 bits per heavy atom. The Labute approximate surface area is 164 Å². The maximum Gasteiger partial charge on any atom is 0.283 e. The zero-order valence-corrected chi connectivity index (χ0v) is 15.4. The van der Waals surface area contributed by atoms with E-state index in [2.05, 4.69) is 15.5 Å². The van der Waals surface area contributed by atoms with Crippen molar-refractivity contribution in [2.45, 2.75) is 6.92 Å². The molecule has 9 heteroatoms. The molecule has 0 aliphatic heterocycles. The molecule has 0 saturated heterocycles. The second-order valence-electron chi connectivity index (χ2n) is 6.33. The fraction of sp³-hybridized carbons (Fsp3) is 0.100. The molecule has 0 fully saturated rings. The first-order chi connectivity index (χ1) is 14.0. The van der Waals surface area contributed by atoms with Crippen LogP contribution in [-0.2, 0) is 4.79 Å². The van der Waals surface area contributed by atoms with Crippen LogP contribution in [0.3, 0.4) is 0 Å². The summed E-state index contributed by atoms with van der Waals surface area (Å²) >= 11 is 0. The van der Waals surface area contributed by atoms with Crippen molar-refractivity contribution in [3.63, 3.8) is 0 Å². The summed E-state index contributed by atoms with van der Waals surface area (Å²) in [6, 6.07) is 12.9. The normalized spacial score (nSPS) is 10.8. The molecule has 0 unspecified atom stereocenters. The summed E-state index contributed by atoms with van der Waals surface area (Å²) in [5, 5.41) is 4.35. The standard InChI is InChI=1S/C20H16FN5O3/c1-13-2-8-16(9-3-13)29-11-18(27)24-25-12-22-19-17(20(25)28)10-23-26(19)15-6-4-14(21)5-7-15/h2-10,12H,11H2,1H3,(H,24,27). The Morgan fingerprint density at radius 3 is 2.59 bits per heavy atom. The number of nitrogens with zero attached hydrogens (tertiary/aromatic N) is 4. The number of fused-ring (bicyclic) bond motifs is 1. The Hall–Kier alpha value is -4.01. The minimum Gasteiger partial charge on any atom is -0.484 e. The van der Waals surface area contributed by atoms with E-state index in [0.29, 0.717) is 17.1 Å². The van der Waals surface area contributed by atoms with E-state index in [4.69, 9.17) is 4.74 Å². The van der Waals surface area contributed by atoms with Crippen LogP contribution in [0.4, 0.5) is 4.39 Å². The van der Waals surface area contributed by atoms with E-state index in [1.165, 1.54) is 41.5 Å². The zero-order valence-electron chi connectivity index (χ0n) is 15.4. The maximum absolute atomic E-state index is 13.1. The molecule has 1 amide bonds. The number of carbonyl (C=O) groups excluding carboxylic acids is 1. The number of amides is 1. The molecule has 8 nitrogen and oxygen atoms in total. The third kappa shape index (κ3) is 3.84. The first-order valence-electron chi connectivity index (χ1n) is 8.72. The third-order valence-electron chi connectivity index (χ3n) is 4.20. The van der Waals surface area contributed by atoms with Gasteiger partial charge in [-0.25, -0.2) is 18.7 Å². The number of aryl methyl sites for hydroxylation is 1. The summed E-state index contributed by atoms with van der Waals surface area (Å²) in [7, 11) is 0. The van der Waals surface area contributed by atoms with E-state index in [1.807, 2.05) is 19.1 Å². The van der Waals surface area contributed by atoms with Crippen molar-refractivity contribution in [3.8, 4) is 11.4 Å². The van der Waals surface area contributed by atoms with Crippen LogP contribution in [0.1, 0.15) is 5.56 Å². The molecule has 29 heavy (non-hydrogen) atoms. The van der Waals surface area contributed by atoms with Gasteiger partial charge in [0, 0.05) is 0 Å². The van der Waals surface area contributed by atoms with Crippen molar-refractivity contribution in [3.05, 3.63) is 82.8 Å². The van der Waals surface area contributed by atoms with Gasteiger partial charge in [-0.05, 0) is 43.3 Å². The quantitative estimate of drug-likeness (QED) is 0.561. The molecule has 2 aromatic heterocycles. The van der Waals surface area contributed by atoms with Gasteiger partial charge in [0.2, 0.25) is 0 Å². The van der Waals surface area contributed by atoms with Crippen LogP contribution in [0.25, 0.3) is 16.7 Å². The highest BCUT2D eigenvalue weighted by atomic mass is 19.1. The van der Waals surface area contributed by atoms with Gasteiger partial charge >= 0.3 is 0 Å². The predicted octanol–water partition coefficient (Wildman–Crippen LogP) is 2.18. The van der Waals surface area contributed by atoms with Crippen LogP contribution in [0.5, 0.6) is 5.75 Å². The highest BCUT2D eigenvalue weighted by Gasteiger charge is 2.13. The molecule has 4 rings (SSSR count). The molecule has 0 radical (unpaired) electrons. The van der Waals surface area contributed by atoms with Crippen molar-refractivity contribution in [2.75, 3.05) is 12.0 Å². The van der Waals surface area contributed by atoms with Crippen LogP contribution < -0.4 is 15.7 Å². The molecule has 0 atom stereocenters. The van der Waals surface area contributed by atoms with Crippen LogP contribution in [0.2, 0.25) is 0 Å². The molecule has 146 valence electrons. The molecule has 0 bridgehead atoms. The fourth-order valence-corrected chi connectivity index (χ4v) is 2.71. The average Bonchev–Trinajstić information content (AvgIpc) is 3.15. The summed E-state index contributed by atoms with van der Waals surface area (Å²) in [6.07, 6.45) is 2.54. The molecular formula is C20H16FN5O3. The molecule has 1 N–H and O–H groups in total. The highest BCUT2D eigenvalue weighted by Crippen LogP contribution is 2.14. The molecule has 2 aromatic carbocycles. The van der Waals surface area contributed by atoms with Gasteiger partial charge in [-0.2, -0.15) is 5.10 Å². The number of rotatable bonds is 5. The van der Waals surface area contributed by atoms with E-state index in [0.717, 1.165) is 10.2 Å². The maximum atomic E-state index is 13.1. The largest absolute Gasteiger partial charge is 0.484 e. The Morgan fingerprint density at radius 1 is 1.14 bits per heavy atom. The van der Waals surface area contributed by atoms with E-state index >= 15 is 0 Å². The first kappa shape index (κ1) is 18.4. The van der Waals surface area contributed by atoms with Crippen LogP contribution in [0, 0.1) is 12.7 Å². The lowest BCUT2D eigenvalue weighted by molar-refractivity contribution is -0.119. The van der Waals surface area contributed by atoms with Crippen LogP contribution in [0.15, 0.2) is 65.8 Å². The smallest absolute Gasteiger partial charge is 0.283 e. The molecular weight excluding hydrogens is 377 g/mol. The average molecular weight is 393 g/mol. The lowest BCUT2D eigenvalue weighted by Gasteiger charge is -2.09. The van der Waals surface area contributed by atoms with Gasteiger partial charge in [0.15, 0.2) is 12.3 Å². The third-order valence-corrected chi connectivity index (χ3v) is 4.20. The van der Waals surface area contributed by atoms with Crippen molar-refractivity contribution >= 4 is 16.9 Å². The van der Waals surface area contributed by atoms with E-state index in [-0.39, 0.29) is 17.8 Å². The molecule has 2 heterocycles. The van der Waals surface area contributed by atoms with E-state index in [9.17, 15) is 14.0 Å². The first-order valence-corrected chi connectivity index (χ1v) is 8.72. The predicted molar refractivity (Wildman–Crippen MR) is 104 cm³/mol. The molecule has 0 aliphatic carbocycles. The zero-order chi connectivity index (χ0) is 20.4. The minimum absolute atomic E-state index is 0.205. The molecule has 4 aromatic rings. The molecule has 0 aliphatic rings. The minimum atomic E-state index is -0.514. The van der Waals surface area contributed by atoms with Gasteiger partial charge in [0.25, 0.3) is 11.5 Å². The van der Waals surface area contributed by atoms with Gasteiger partial charge in [0.1, 0.15) is 23.3 Å². The number of nitrogens with one attached hydrogen (secondary N) is 1. The number of benzene rings is 2. The van der Waals surface area contributed by atoms with Crippen molar-refractivity contribution in [2.24, 2.45) is 0 Å². The van der Waals surface area contributed by atoms with Gasteiger partial charge in [-0.1, -0.05) is 17.7 Å². The number of aromatic nitrogens is 4. The summed E-state index contributed by atoms with van der Waals surface area (Å²) < 4.78 is 20.9. The van der Waals surface area contributed by atoms with Crippen molar-refractivity contribution < 1.29 is 13.9 Å². The monoisotopic (exact) mass is 393 g/mol. The fourth-order valence-electron chi connectivity index (χ4n) is 2.71. The van der Waals surface area contributed by atoms with Crippen LogP contribution >= 0.6 is 0 Å². The molecule has 0 saturated carbocycles. The highest BCUT2D eigenvalue weighted by molar-refractivity contribution is 5.85.